The van der Waals surface area contributed by atoms with Gasteiger partial charge in [0.15, 0.2) is 0 Å². The van der Waals surface area contributed by atoms with Crippen LogP contribution in [0.15, 0.2) is 152 Å². The summed E-state index contributed by atoms with van der Waals surface area (Å²) in [6.07, 6.45) is 0. The molecule has 0 aliphatic heterocycles. The SMILES string of the molecule is CC(C)(C)c1cccc2c(-c3ccc(-c4ccccc4)cc3)c3ccccc3c(-c3ccc(-c4ccccc4)cc3)c12. The Morgan fingerprint density at radius 1 is 0.310 bits per heavy atom. The van der Waals surface area contributed by atoms with E-state index in [1.54, 1.807) is 0 Å². The van der Waals surface area contributed by atoms with Crippen LogP contribution < -0.4 is 0 Å². The third-order valence-corrected chi connectivity index (χ3v) is 8.42. The third kappa shape index (κ3) is 4.60. The van der Waals surface area contributed by atoms with E-state index in [2.05, 4.69) is 172 Å². The van der Waals surface area contributed by atoms with E-state index in [4.69, 9.17) is 0 Å². The molecular weight excluding hydrogens is 504 g/mol. The highest BCUT2D eigenvalue weighted by Gasteiger charge is 2.24. The maximum absolute atomic E-state index is 2.33. The van der Waals surface area contributed by atoms with Crippen molar-refractivity contribution >= 4 is 21.5 Å². The van der Waals surface area contributed by atoms with Gasteiger partial charge in [-0.3, -0.25) is 0 Å². The molecule has 0 nitrogen and oxygen atoms in total. The van der Waals surface area contributed by atoms with Gasteiger partial charge in [-0.15, -0.1) is 0 Å². The van der Waals surface area contributed by atoms with E-state index in [0.29, 0.717) is 0 Å². The molecule has 202 valence electrons. The first-order chi connectivity index (χ1) is 20.5. The van der Waals surface area contributed by atoms with Gasteiger partial charge < -0.3 is 0 Å². The van der Waals surface area contributed by atoms with Crippen LogP contribution in [0.25, 0.3) is 66.1 Å². The zero-order chi connectivity index (χ0) is 28.7. The lowest BCUT2D eigenvalue weighted by Gasteiger charge is -2.26. The second kappa shape index (κ2) is 10.5. The van der Waals surface area contributed by atoms with Crippen LogP contribution >= 0.6 is 0 Å². The third-order valence-electron chi connectivity index (χ3n) is 8.42. The van der Waals surface area contributed by atoms with Crippen LogP contribution in [0.1, 0.15) is 26.3 Å². The van der Waals surface area contributed by atoms with Gasteiger partial charge in [0.25, 0.3) is 0 Å². The zero-order valence-electron chi connectivity index (χ0n) is 24.4. The smallest absolute Gasteiger partial charge is 0.00234 e. The van der Waals surface area contributed by atoms with E-state index in [1.165, 1.54) is 71.6 Å². The molecule has 0 saturated carbocycles. The quantitative estimate of drug-likeness (QED) is 0.196. The summed E-state index contributed by atoms with van der Waals surface area (Å²) in [6.45, 7) is 6.98. The molecule has 0 saturated heterocycles. The lowest BCUT2D eigenvalue weighted by molar-refractivity contribution is 0.596. The van der Waals surface area contributed by atoms with Crippen molar-refractivity contribution in [2.24, 2.45) is 0 Å². The monoisotopic (exact) mass is 538 g/mol. The molecular formula is C42H34. The molecule has 0 aromatic heterocycles. The van der Waals surface area contributed by atoms with E-state index < -0.39 is 0 Å². The Kier molecular flexibility index (Phi) is 6.48. The molecule has 0 bridgehead atoms. The second-order valence-electron chi connectivity index (χ2n) is 12.2. The largest absolute Gasteiger partial charge is 0.0622 e. The van der Waals surface area contributed by atoms with Crippen LogP contribution in [0.5, 0.6) is 0 Å². The molecule has 0 heteroatoms. The molecule has 0 aliphatic carbocycles. The van der Waals surface area contributed by atoms with Crippen molar-refractivity contribution in [3.8, 4) is 44.5 Å². The first-order valence-corrected chi connectivity index (χ1v) is 14.8. The Morgan fingerprint density at radius 3 is 1.19 bits per heavy atom. The molecule has 0 aliphatic rings. The number of fused-ring (bicyclic) bond motifs is 2. The topological polar surface area (TPSA) is 0 Å². The minimum Gasteiger partial charge on any atom is -0.0622 e. The molecule has 0 radical (unpaired) electrons. The van der Waals surface area contributed by atoms with Crippen molar-refractivity contribution in [2.45, 2.75) is 26.2 Å². The summed E-state index contributed by atoms with van der Waals surface area (Å²) in [5, 5.41) is 5.22. The average Bonchev–Trinajstić information content (AvgIpc) is 3.04. The lowest BCUT2D eigenvalue weighted by atomic mass is 9.77. The van der Waals surface area contributed by atoms with Crippen LogP contribution in [0.4, 0.5) is 0 Å². The Balaban J connectivity index is 1.51. The van der Waals surface area contributed by atoms with Gasteiger partial charge in [0.2, 0.25) is 0 Å². The van der Waals surface area contributed by atoms with Gasteiger partial charge in [-0.1, -0.05) is 172 Å². The Hall–Kier alpha value is -4.94. The number of hydrogen-bond donors (Lipinski definition) is 0. The van der Waals surface area contributed by atoms with Crippen LogP contribution in [0.3, 0.4) is 0 Å². The molecule has 42 heavy (non-hydrogen) atoms. The van der Waals surface area contributed by atoms with Gasteiger partial charge >= 0.3 is 0 Å². The molecule has 7 aromatic carbocycles. The summed E-state index contributed by atoms with van der Waals surface area (Å²) in [5.41, 5.74) is 11.4. The van der Waals surface area contributed by atoms with Crippen LogP contribution in [-0.4, -0.2) is 0 Å². The summed E-state index contributed by atoms with van der Waals surface area (Å²) in [6, 6.07) is 55.3. The van der Waals surface area contributed by atoms with Crippen molar-refractivity contribution in [2.75, 3.05) is 0 Å². The Bertz CT molecular complexity index is 2010. The fourth-order valence-corrected chi connectivity index (χ4v) is 6.38. The minimum atomic E-state index is -0.0187. The lowest BCUT2D eigenvalue weighted by Crippen LogP contribution is -2.12. The number of hydrogen-bond acceptors (Lipinski definition) is 0. The summed E-state index contributed by atoms with van der Waals surface area (Å²) >= 11 is 0. The molecule has 0 spiro atoms. The van der Waals surface area contributed by atoms with Crippen molar-refractivity contribution in [3.63, 3.8) is 0 Å². The van der Waals surface area contributed by atoms with E-state index in [9.17, 15) is 0 Å². The van der Waals surface area contributed by atoms with Gasteiger partial charge in [0.1, 0.15) is 0 Å². The summed E-state index contributed by atoms with van der Waals surface area (Å²) in [7, 11) is 0. The van der Waals surface area contributed by atoms with E-state index in [0.717, 1.165) is 0 Å². The van der Waals surface area contributed by atoms with E-state index in [-0.39, 0.29) is 5.41 Å². The van der Waals surface area contributed by atoms with Gasteiger partial charge in [-0.05, 0) is 77.0 Å². The molecule has 0 heterocycles. The fraction of sp³-hybridized carbons (Fsp3) is 0.0952. The van der Waals surface area contributed by atoms with Crippen molar-refractivity contribution in [1.82, 2.24) is 0 Å². The molecule has 0 atom stereocenters. The van der Waals surface area contributed by atoms with Crippen LogP contribution in [0.2, 0.25) is 0 Å². The molecule has 0 amide bonds. The highest BCUT2D eigenvalue weighted by Crippen LogP contribution is 2.47. The number of benzene rings is 7. The first-order valence-electron chi connectivity index (χ1n) is 14.8. The minimum absolute atomic E-state index is 0.0187. The second-order valence-corrected chi connectivity index (χ2v) is 12.2. The van der Waals surface area contributed by atoms with E-state index in [1.807, 2.05) is 0 Å². The van der Waals surface area contributed by atoms with Gasteiger partial charge in [-0.2, -0.15) is 0 Å². The fourth-order valence-electron chi connectivity index (χ4n) is 6.38. The summed E-state index contributed by atoms with van der Waals surface area (Å²) in [5.74, 6) is 0. The molecule has 7 aromatic rings. The van der Waals surface area contributed by atoms with Crippen molar-refractivity contribution < 1.29 is 0 Å². The summed E-state index contributed by atoms with van der Waals surface area (Å²) < 4.78 is 0. The Morgan fingerprint density at radius 2 is 0.690 bits per heavy atom. The zero-order valence-corrected chi connectivity index (χ0v) is 24.4. The molecule has 0 N–H and O–H groups in total. The Labute approximate surface area is 248 Å². The number of rotatable bonds is 4. The van der Waals surface area contributed by atoms with Crippen LogP contribution in [-0.2, 0) is 5.41 Å². The van der Waals surface area contributed by atoms with Gasteiger partial charge in [0.05, 0.1) is 0 Å². The van der Waals surface area contributed by atoms with Crippen molar-refractivity contribution in [1.29, 1.82) is 0 Å². The van der Waals surface area contributed by atoms with Gasteiger partial charge in [-0.25, -0.2) is 0 Å². The van der Waals surface area contributed by atoms with Crippen molar-refractivity contribution in [3.05, 3.63) is 157 Å². The highest BCUT2D eigenvalue weighted by molar-refractivity contribution is 6.22. The molecule has 7 rings (SSSR count). The van der Waals surface area contributed by atoms with Gasteiger partial charge in [0, 0.05) is 0 Å². The maximum Gasteiger partial charge on any atom is -0.00234 e. The molecule has 0 unspecified atom stereocenters. The predicted octanol–water partition coefficient (Wildman–Crippen LogP) is 12.0. The molecule has 0 fully saturated rings. The highest BCUT2D eigenvalue weighted by atomic mass is 14.3. The average molecular weight is 539 g/mol. The summed E-state index contributed by atoms with van der Waals surface area (Å²) in [4.78, 5) is 0. The van der Waals surface area contributed by atoms with Crippen LogP contribution in [0, 0.1) is 0 Å². The normalized spacial score (nSPS) is 11.7. The van der Waals surface area contributed by atoms with E-state index >= 15 is 0 Å². The maximum atomic E-state index is 2.33. The standard InChI is InChI=1S/C42H34/c1-42(2,3)38-20-12-19-37-39(33-25-21-31(22-26-33)29-13-6-4-7-14-29)35-17-10-11-18-36(35)40(41(37)38)34-27-23-32(24-28-34)30-15-8-5-9-16-30/h4-28H,1-3H3. The predicted molar refractivity (Wildman–Crippen MR) is 182 cm³/mol. The first kappa shape index (κ1) is 26.0.